The first-order valence-electron chi connectivity index (χ1n) is 6.13. The van der Waals surface area contributed by atoms with E-state index in [9.17, 15) is 23.3 Å². The van der Waals surface area contributed by atoms with Crippen molar-refractivity contribution in [3.8, 4) is 0 Å². The number of ether oxygens (including phenoxy) is 1. The van der Waals surface area contributed by atoms with Crippen molar-refractivity contribution in [3.63, 3.8) is 0 Å². The Kier molecular flexibility index (Phi) is 5.39. The molecule has 9 heteroatoms. The molecule has 0 bridgehead atoms. The second-order valence-electron chi connectivity index (χ2n) is 4.30. The molecule has 116 valence electrons. The molecular formula is C12H16N2O6S. The molecule has 0 saturated heterocycles. The fourth-order valence-electron chi connectivity index (χ4n) is 1.66. The number of non-ortho nitro benzene ring substituents is 1. The lowest BCUT2D eigenvalue weighted by atomic mass is 10.2. The van der Waals surface area contributed by atoms with Gasteiger partial charge < -0.3 is 4.74 Å². The number of nitrogens with zero attached hydrogens (tertiary/aromatic N) is 1. The van der Waals surface area contributed by atoms with E-state index in [1.165, 1.54) is 13.8 Å². The summed E-state index contributed by atoms with van der Waals surface area (Å²) in [6.07, 6.45) is 0. The van der Waals surface area contributed by atoms with Crippen molar-refractivity contribution in [1.82, 2.24) is 4.72 Å². The van der Waals surface area contributed by atoms with E-state index in [-0.39, 0.29) is 22.8 Å². The van der Waals surface area contributed by atoms with Gasteiger partial charge in [-0.1, -0.05) is 0 Å². The summed E-state index contributed by atoms with van der Waals surface area (Å²) in [5.74, 6) is -0.694. The van der Waals surface area contributed by atoms with Crippen LogP contribution in [0.3, 0.4) is 0 Å². The molecule has 8 nitrogen and oxygen atoms in total. The molecule has 0 fully saturated rings. The molecule has 1 atom stereocenters. The van der Waals surface area contributed by atoms with Crippen molar-refractivity contribution < 1.29 is 22.9 Å². The van der Waals surface area contributed by atoms with Crippen LogP contribution in [0.25, 0.3) is 0 Å². The summed E-state index contributed by atoms with van der Waals surface area (Å²) in [6, 6.07) is 2.33. The van der Waals surface area contributed by atoms with Crippen LogP contribution in [0.5, 0.6) is 0 Å². The van der Waals surface area contributed by atoms with E-state index >= 15 is 0 Å². The van der Waals surface area contributed by atoms with Gasteiger partial charge in [0.1, 0.15) is 6.04 Å². The minimum Gasteiger partial charge on any atom is -0.465 e. The standard InChI is InChI=1S/C12H16N2O6S/c1-4-20-12(15)9(3)13-21(18,19)11-6-5-10(14(16)17)7-8(11)2/h5-7,9,13H,4H2,1-3H3. The molecule has 0 heterocycles. The molecule has 0 spiro atoms. The van der Waals surface area contributed by atoms with Crippen LogP contribution in [0.2, 0.25) is 0 Å². The number of carbonyl (C=O) groups is 1. The average Bonchev–Trinajstić information content (AvgIpc) is 2.37. The summed E-state index contributed by atoms with van der Waals surface area (Å²) in [6.45, 7) is 4.55. The van der Waals surface area contributed by atoms with Crippen LogP contribution in [0.1, 0.15) is 19.4 Å². The maximum absolute atomic E-state index is 12.2. The summed E-state index contributed by atoms with van der Waals surface area (Å²) >= 11 is 0. The molecule has 1 rings (SSSR count). The van der Waals surface area contributed by atoms with Crippen LogP contribution < -0.4 is 4.72 Å². The van der Waals surface area contributed by atoms with E-state index in [1.54, 1.807) is 6.92 Å². The smallest absolute Gasteiger partial charge is 0.323 e. The van der Waals surface area contributed by atoms with Crippen molar-refractivity contribution in [2.75, 3.05) is 6.61 Å². The summed E-state index contributed by atoms with van der Waals surface area (Å²) < 4.78 is 31.2. The number of sulfonamides is 1. The molecule has 0 aromatic heterocycles. The van der Waals surface area contributed by atoms with Crippen LogP contribution in [0.4, 0.5) is 5.69 Å². The number of rotatable bonds is 6. The zero-order valence-electron chi connectivity index (χ0n) is 11.8. The largest absolute Gasteiger partial charge is 0.465 e. The number of nitrogens with one attached hydrogen (secondary N) is 1. The number of hydrogen-bond acceptors (Lipinski definition) is 6. The maximum Gasteiger partial charge on any atom is 0.323 e. The summed E-state index contributed by atoms with van der Waals surface area (Å²) in [5, 5.41) is 10.6. The number of carbonyl (C=O) groups excluding carboxylic acids is 1. The fourth-order valence-corrected chi connectivity index (χ4v) is 3.08. The number of nitro groups is 1. The Bertz CT molecular complexity index is 656. The van der Waals surface area contributed by atoms with Crippen molar-refractivity contribution in [2.24, 2.45) is 0 Å². The molecule has 1 aromatic rings. The molecule has 0 aliphatic rings. The second-order valence-corrected chi connectivity index (χ2v) is 5.98. The first-order valence-corrected chi connectivity index (χ1v) is 7.61. The highest BCUT2D eigenvalue weighted by Crippen LogP contribution is 2.21. The van der Waals surface area contributed by atoms with Gasteiger partial charge in [0.25, 0.3) is 5.69 Å². The fraction of sp³-hybridized carbons (Fsp3) is 0.417. The maximum atomic E-state index is 12.2. The van der Waals surface area contributed by atoms with E-state index in [0.29, 0.717) is 0 Å². The van der Waals surface area contributed by atoms with Gasteiger partial charge in [-0.3, -0.25) is 14.9 Å². The predicted octanol–water partition coefficient (Wildman–Crippen LogP) is 1.13. The van der Waals surface area contributed by atoms with Gasteiger partial charge in [-0.25, -0.2) is 8.42 Å². The SMILES string of the molecule is CCOC(=O)C(C)NS(=O)(=O)c1ccc([N+](=O)[O-])cc1C. The molecule has 1 unspecified atom stereocenters. The topological polar surface area (TPSA) is 116 Å². The Labute approximate surface area is 122 Å². The van der Waals surface area contributed by atoms with Gasteiger partial charge in [-0.2, -0.15) is 4.72 Å². The van der Waals surface area contributed by atoms with Crippen molar-refractivity contribution in [1.29, 1.82) is 0 Å². The van der Waals surface area contributed by atoms with Crippen LogP contribution in [-0.4, -0.2) is 32.0 Å². The Morgan fingerprint density at radius 1 is 1.48 bits per heavy atom. The molecule has 0 radical (unpaired) electrons. The van der Waals surface area contributed by atoms with Gasteiger partial charge in [0.2, 0.25) is 10.0 Å². The third kappa shape index (κ3) is 4.23. The lowest BCUT2D eigenvalue weighted by molar-refractivity contribution is -0.385. The summed E-state index contributed by atoms with van der Waals surface area (Å²) in [5.41, 5.74) is 0.0117. The quantitative estimate of drug-likeness (QED) is 0.478. The third-order valence-electron chi connectivity index (χ3n) is 2.63. The lowest BCUT2D eigenvalue weighted by Crippen LogP contribution is -2.39. The van der Waals surface area contributed by atoms with Gasteiger partial charge in [0.15, 0.2) is 0 Å². The Morgan fingerprint density at radius 2 is 2.10 bits per heavy atom. The number of hydrogen-bond donors (Lipinski definition) is 1. The van der Waals surface area contributed by atoms with Gasteiger partial charge in [0.05, 0.1) is 16.4 Å². The van der Waals surface area contributed by atoms with Crippen LogP contribution in [0.15, 0.2) is 23.1 Å². The van der Waals surface area contributed by atoms with Crippen LogP contribution in [0, 0.1) is 17.0 Å². The zero-order valence-corrected chi connectivity index (χ0v) is 12.6. The molecule has 0 amide bonds. The van der Waals surface area contributed by atoms with Crippen molar-refractivity contribution in [3.05, 3.63) is 33.9 Å². The number of nitro benzene ring substituents is 1. The highest BCUT2D eigenvalue weighted by Gasteiger charge is 2.25. The molecule has 1 aromatic carbocycles. The molecule has 0 aliphatic heterocycles. The minimum atomic E-state index is -3.97. The highest BCUT2D eigenvalue weighted by atomic mass is 32.2. The molecule has 21 heavy (non-hydrogen) atoms. The monoisotopic (exact) mass is 316 g/mol. The third-order valence-corrected chi connectivity index (χ3v) is 4.33. The normalized spacial score (nSPS) is 12.7. The van der Waals surface area contributed by atoms with Gasteiger partial charge in [-0.05, 0) is 32.4 Å². The predicted molar refractivity (Wildman–Crippen MR) is 74.2 cm³/mol. The Hall–Kier alpha value is -2.00. The lowest BCUT2D eigenvalue weighted by Gasteiger charge is -2.14. The number of esters is 1. The molecule has 1 N–H and O–H groups in total. The van der Waals surface area contributed by atoms with E-state index in [4.69, 9.17) is 4.74 Å². The minimum absolute atomic E-state index is 0.121. The van der Waals surface area contributed by atoms with E-state index < -0.39 is 27.0 Å². The second kappa shape index (κ2) is 6.64. The first kappa shape index (κ1) is 17.1. The Balaban J connectivity index is 3.03. The summed E-state index contributed by atoms with van der Waals surface area (Å²) in [4.78, 5) is 21.3. The van der Waals surface area contributed by atoms with Crippen molar-refractivity contribution >= 4 is 21.7 Å². The Morgan fingerprint density at radius 3 is 2.57 bits per heavy atom. The van der Waals surface area contributed by atoms with E-state index in [0.717, 1.165) is 18.2 Å². The molecular weight excluding hydrogens is 300 g/mol. The van der Waals surface area contributed by atoms with Gasteiger partial charge >= 0.3 is 5.97 Å². The van der Waals surface area contributed by atoms with Crippen LogP contribution >= 0.6 is 0 Å². The highest BCUT2D eigenvalue weighted by molar-refractivity contribution is 7.89. The average molecular weight is 316 g/mol. The van der Waals surface area contributed by atoms with Gasteiger partial charge in [-0.15, -0.1) is 0 Å². The number of benzene rings is 1. The molecule has 0 aliphatic carbocycles. The zero-order chi connectivity index (χ0) is 16.2. The van der Waals surface area contributed by atoms with Crippen molar-refractivity contribution in [2.45, 2.75) is 31.7 Å². The number of aryl methyl sites for hydroxylation is 1. The van der Waals surface area contributed by atoms with Crippen LogP contribution in [-0.2, 0) is 19.6 Å². The summed E-state index contributed by atoms with van der Waals surface area (Å²) in [7, 11) is -3.97. The molecule has 0 saturated carbocycles. The first-order chi connectivity index (χ1) is 9.69. The van der Waals surface area contributed by atoms with Gasteiger partial charge in [0, 0.05) is 12.1 Å². The van der Waals surface area contributed by atoms with E-state index in [1.807, 2.05) is 0 Å². The van der Waals surface area contributed by atoms with E-state index in [2.05, 4.69) is 4.72 Å².